The molecule has 2 aromatic heterocycles. The summed E-state index contributed by atoms with van der Waals surface area (Å²) in [5.41, 5.74) is 1.68. The van der Waals surface area contributed by atoms with Crippen LogP contribution in [0, 0.1) is 0 Å². The standard InChI is InChI=1S/C14H11Cl2N3OS/c1-17-14-18-12(7-3-4-9(15)10(16)5-7)8-6-11(20-2)21-13(8)19-14/h3-6H,1-2H3,(H,17,18,19). The van der Waals surface area contributed by atoms with Gasteiger partial charge in [0, 0.05) is 24.1 Å². The normalized spacial score (nSPS) is 10.9. The molecule has 3 rings (SSSR count). The molecule has 0 saturated heterocycles. The number of methoxy groups -OCH3 is 1. The van der Waals surface area contributed by atoms with Crippen LogP contribution in [-0.2, 0) is 0 Å². The van der Waals surface area contributed by atoms with Gasteiger partial charge >= 0.3 is 0 Å². The van der Waals surface area contributed by atoms with E-state index in [-0.39, 0.29) is 0 Å². The lowest BCUT2D eigenvalue weighted by Crippen LogP contribution is -1.97. The topological polar surface area (TPSA) is 47.0 Å². The smallest absolute Gasteiger partial charge is 0.224 e. The summed E-state index contributed by atoms with van der Waals surface area (Å²) < 4.78 is 5.29. The Morgan fingerprint density at radius 2 is 1.95 bits per heavy atom. The largest absolute Gasteiger partial charge is 0.487 e. The maximum atomic E-state index is 6.11. The van der Waals surface area contributed by atoms with E-state index in [9.17, 15) is 0 Å². The molecule has 0 aliphatic rings. The Labute approximate surface area is 135 Å². The molecule has 0 amide bonds. The minimum absolute atomic E-state index is 0.495. The monoisotopic (exact) mass is 339 g/mol. The number of rotatable bonds is 3. The number of nitrogens with one attached hydrogen (secondary N) is 1. The van der Waals surface area contributed by atoms with Crippen LogP contribution in [0.5, 0.6) is 5.06 Å². The lowest BCUT2D eigenvalue weighted by atomic mass is 10.1. The van der Waals surface area contributed by atoms with Crippen LogP contribution in [0.2, 0.25) is 10.0 Å². The van der Waals surface area contributed by atoms with E-state index in [1.54, 1.807) is 26.3 Å². The van der Waals surface area contributed by atoms with Gasteiger partial charge in [-0.25, -0.2) is 9.97 Å². The molecule has 1 N–H and O–H groups in total. The molecule has 0 bridgehead atoms. The minimum atomic E-state index is 0.495. The van der Waals surface area contributed by atoms with Crippen molar-refractivity contribution in [1.29, 1.82) is 0 Å². The summed E-state index contributed by atoms with van der Waals surface area (Å²) in [4.78, 5) is 9.83. The summed E-state index contributed by atoms with van der Waals surface area (Å²) in [5, 5.41) is 5.69. The predicted octanol–water partition coefficient (Wildman–Crippen LogP) is 4.72. The van der Waals surface area contributed by atoms with E-state index in [0.29, 0.717) is 16.0 Å². The van der Waals surface area contributed by atoms with Crippen LogP contribution in [0.1, 0.15) is 0 Å². The summed E-state index contributed by atoms with van der Waals surface area (Å²) in [6, 6.07) is 7.38. The Morgan fingerprint density at radius 3 is 2.62 bits per heavy atom. The number of benzene rings is 1. The molecule has 2 heterocycles. The lowest BCUT2D eigenvalue weighted by molar-refractivity contribution is 0.427. The summed E-state index contributed by atoms with van der Waals surface area (Å²) in [6.45, 7) is 0. The number of ether oxygens (including phenoxy) is 1. The van der Waals surface area contributed by atoms with E-state index in [1.807, 2.05) is 12.1 Å². The van der Waals surface area contributed by atoms with Crippen LogP contribution in [-0.4, -0.2) is 24.1 Å². The molecule has 0 atom stereocenters. The highest BCUT2D eigenvalue weighted by molar-refractivity contribution is 7.20. The highest BCUT2D eigenvalue weighted by Gasteiger charge is 2.14. The first-order valence-electron chi connectivity index (χ1n) is 6.11. The second-order valence-corrected chi connectivity index (χ2v) is 6.07. The third-order valence-electron chi connectivity index (χ3n) is 2.99. The molecule has 7 heteroatoms. The zero-order valence-electron chi connectivity index (χ0n) is 11.3. The maximum Gasteiger partial charge on any atom is 0.224 e. The van der Waals surface area contributed by atoms with E-state index < -0.39 is 0 Å². The van der Waals surface area contributed by atoms with Crippen molar-refractivity contribution in [2.45, 2.75) is 0 Å². The van der Waals surface area contributed by atoms with E-state index in [2.05, 4.69) is 15.3 Å². The van der Waals surface area contributed by atoms with Crippen LogP contribution in [0.4, 0.5) is 5.95 Å². The maximum absolute atomic E-state index is 6.11. The number of fused-ring (bicyclic) bond motifs is 1. The van der Waals surface area contributed by atoms with Crippen molar-refractivity contribution < 1.29 is 4.74 Å². The van der Waals surface area contributed by atoms with Crippen molar-refractivity contribution in [3.63, 3.8) is 0 Å². The number of nitrogens with zero attached hydrogens (tertiary/aromatic N) is 2. The highest BCUT2D eigenvalue weighted by Crippen LogP contribution is 2.37. The predicted molar refractivity (Wildman–Crippen MR) is 89.0 cm³/mol. The molecule has 3 aromatic rings. The fourth-order valence-electron chi connectivity index (χ4n) is 1.98. The van der Waals surface area contributed by atoms with Crippen molar-refractivity contribution >= 4 is 50.7 Å². The highest BCUT2D eigenvalue weighted by atomic mass is 35.5. The van der Waals surface area contributed by atoms with Crippen LogP contribution in [0.3, 0.4) is 0 Å². The van der Waals surface area contributed by atoms with Gasteiger partial charge in [-0.2, -0.15) is 0 Å². The van der Waals surface area contributed by atoms with Gasteiger partial charge in [0.15, 0.2) is 5.06 Å². The van der Waals surface area contributed by atoms with Gasteiger partial charge in [-0.05, 0) is 12.1 Å². The van der Waals surface area contributed by atoms with Crippen molar-refractivity contribution in [2.75, 3.05) is 19.5 Å². The number of anilines is 1. The molecule has 0 saturated carbocycles. The minimum Gasteiger partial charge on any atom is -0.487 e. The SMILES string of the molecule is CNc1nc(-c2ccc(Cl)c(Cl)c2)c2cc(OC)sc2n1. The lowest BCUT2D eigenvalue weighted by Gasteiger charge is -2.06. The van der Waals surface area contributed by atoms with Gasteiger partial charge in [-0.3, -0.25) is 0 Å². The van der Waals surface area contributed by atoms with Crippen LogP contribution < -0.4 is 10.1 Å². The first-order chi connectivity index (χ1) is 10.1. The molecule has 0 aliphatic carbocycles. The number of aromatic nitrogens is 2. The first-order valence-corrected chi connectivity index (χ1v) is 7.68. The van der Waals surface area contributed by atoms with E-state index in [1.165, 1.54) is 11.3 Å². The Bertz CT molecular complexity index is 819. The Balaban J connectivity index is 2.28. The average Bonchev–Trinajstić information content (AvgIpc) is 2.92. The molecule has 4 nitrogen and oxygen atoms in total. The molecule has 108 valence electrons. The van der Waals surface area contributed by atoms with Gasteiger partial charge in [-0.15, -0.1) is 0 Å². The average molecular weight is 340 g/mol. The molecule has 0 spiro atoms. The number of thiophene rings is 1. The Kier molecular flexibility index (Phi) is 3.89. The molecule has 0 aliphatic heterocycles. The van der Waals surface area contributed by atoms with E-state index >= 15 is 0 Å². The van der Waals surface area contributed by atoms with Gasteiger partial charge < -0.3 is 10.1 Å². The summed E-state index contributed by atoms with van der Waals surface area (Å²) in [5.74, 6) is 0.549. The fraction of sp³-hybridized carbons (Fsp3) is 0.143. The van der Waals surface area contributed by atoms with Gasteiger partial charge in [0.2, 0.25) is 5.95 Å². The van der Waals surface area contributed by atoms with Crippen molar-refractivity contribution in [2.24, 2.45) is 0 Å². The second kappa shape index (κ2) is 5.67. The third-order valence-corrected chi connectivity index (χ3v) is 4.72. The fourth-order valence-corrected chi connectivity index (χ4v) is 3.12. The van der Waals surface area contributed by atoms with E-state index in [4.69, 9.17) is 27.9 Å². The number of hydrogen-bond donors (Lipinski definition) is 1. The second-order valence-electron chi connectivity index (χ2n) is 4.26. The summed E-state index contributed by atoms with van der Waals surface area (Å²) in [7, 11) is 3.42. The van der Waals surface area contributed by atoms with E-state index in [0.717, 1.165) is 26.5 Å². The zero-order chi connectivity index (χ0) is 15.0. The van der Waals surface area contributed by atoms with Crippen LogP contribution in [0.25, 0.3) is 21.5 Å². The zero-order valence-corrected chi connectivity index (χ0v) is 13.6. The first kappa shape index (κ1) is 14.4. The van der Waals surface area contributed by atoms with Crippen molar-refractivity contribution in [3.05, 3.63) is 34.3 Å². The Hall–Kier alpha value is -1.56. The molecule has 21 heavy (non-hydrogen) atoms. The van der Waals surface area contributed by atoms with Crippen LogP contribution in [0.15, 0.2) is 24.3 Å². The van der Waals surface area contributed by atoms with Gasteiger partial charge in [0.1, 0.15) is 4.83 Å². The molecule has 0 unspecified atom stereocenters. The van der Waals surface area contributed by atoms with Gasteiger partial charge in [0.05, 0.1) is 22.8 Å². The number of halogens is 2. The molecular formula is C14H11Cl2N3OS. The Morgan fingerprint density at radius 1 is 1.14 bits per heavy atom. The molecule has 0 radical (unpaired) electrons. The van der Waals surface area contributed by atoms with Gasteiger partial charge in [0.25, 0.3) is 0 Å². The van der Waals surface area contributed by atoms with Crippen LogP contribution >= 0.6 is 34.5 Å². The van der Waals surface area contributed by atoms with Crippen molar-refractivity contribution in [3.8, 4) is 16.3 Å². The summed E-state index contributed by atoms with van der Waals surface area (Å²) >= 11 is 13.6. The summed E-state index contributed by atoms with van der Waals surface area (Å²) in [6.07, 6.45) is 0. The molecule has 1 aromatic carbocycles. The third kappa shape index (κ3) is 2.64. The van der Waals surface area contributed by atoms with Crippen molar-refractivity contribution in [1.82, 2.24) is 9.97 Å². The molecule has 0 fully saturated rings. The van der Waals surface area contributed by atoms with Gasteiger partial charge in [-0.1, -0.05) is 40.6 Å². The number of hydrogen-bond acceptors (Lipinski definition) is 5. The molecular weight excluding hydrogens is 329 g/mol. The quantitative estimate of drug-likeness (QED) is 0.750.